The van der Waals surface area contributed by atoms with Crippen LogP contribution in [-0.4, -0.2) is 8.42 Å². The number of hydrogen-bond acceptors (Lipinski definition) is 2. The number of rotatable bonds is 5. The molecule has 0 aromatic heterocycles. The first-order valence-electron chi connectivity index (χ1n) is 7.50. The van der Waals surface area contributed by atoms with Crippen LogP contribution in [0.5, 0.6) is 0 Å². The summed E-state index contributed by atoms with van der Waals surface area (Å²) in [4.78, 5) is 0. The Bertz CT molecular complexity index is 799. The zero-order valence-electron chi connectivity index (χ0n) is 13.9. The van der Waals surface area contributed by atoms with Gasteiger partial charge in [0, 0.05) is 6.04 Å². The van der Waals surface area contributed by atoms with Crippen molar-refractivity contribution in [1.29, 1.82) is 0 Å². The predicted molar refractivity (Wildman–Crippen MR) is 91.2 cm³/mol. The van der Waals surface area contributed by atoms with Gasteiger partial charge in [0.2, 0.25) is 10.0 Å². The number of nitrogens with one attached hydrogen (secondary N) is 1. The van der Waals surface area contributed by atoms with Gasteiger partial charge in [0.25, 0.3) is 0 Å². The molecule has 0 amide bonds. The molecule has 5 heteroatoms. The molecule has 1 unspecified atom stereocenters. The first-order chi connectivity index (χ1) is 10.7. The van der Waals surface area contributed by atoms with Crippen LogP contribution in [0, 0.1) is 26.6 Å². The summed E-state index contributed by atoms with van der Waals surface area (Å²) in [7, 11) is -3.51. The number of aryl methyl sites for hydroxylation is 3. The monoisotopic (exact) mass is 335 g/mol. The Hall–Kier alpha value is -1.72. The smallest absolute Gasteiger partial charge is 0.212 e. The molecule has 0 aliphatic rings. The van der Waals surface area contributed by atoms with Crippen molar-refractivity contribution in [2.45, 2.75) is 39.5 Å². The lowest BCUT2D eigenvalue weighted by atomic mass is 9.97. The second-order valence-corrected chi connectivity index (χ2v) is 7.77. The van der Waals surface area contributed by atoms with Crippen molar-refractivity contribution in [3.05, 3.63) is 70.0 Å². The van der Waals surface area contributed by atoms with E-state index in [2.05, 4.69) is 10.8 Å². The Morgan fingerprint density at radius 3 is 2.17 bits per heavy atom. The molecule has 0 heterocycles. The Morgan fingerprint density at radius 1 is 1.00 bits per heavy atom. The fourth-order valence-corrected chi connectivity index (χ4v) is 4.00. The third-order valence-corrected chi connectivity index (χ3v) is 5.40. The normalized spacial score (nSPS) is 13.1. The lowest BCUT2D eigenvalue weighted by molar-refractivity contribution is 0.565. The third kappa shape index (κ3) is 4.62. The summed E-state index contributed by atoms with van der Waals surface area (Å²) >= 11 is 0. The van der Waals surface area contributed by atoms with E-state index in [-0.39, 0.29) is 17.6 Å². The SMILES string of the molecule is Cc1cc(C)c(C(C)NS(=O)(=O)Cc2ccc(F)cc2)cc1C. The van der Waals surface area contributed by atoms with E-state index in [0.717, 1.165) is 16.7 Å². The van der Waals surface area contributed by atoms with Crippen LogP contribution in [0.3, 0.4) is 0 Å². The molecule has 0 spiro atoms. The first kappa shape index (κ1) is 17.6. The topological polar surface area (TPSA) is 46.2 Å². The molecule has 0 fully saturated rings. The van der Waals surface area contributed by atoms with Crippen LogP contribution in [0.1, 0.15) is 40.8 Å². The Labute approximate surface area is 137 Å². The van der Waals surface area contributed by atoms with E-state index >= 15 is 0 Å². The Balaban J connectivity index is 2.16. The summed E-state index contributed by atoms with van der Waals surface area (Å²) in [5.41, 5.74) is 4.91. The summed E-state index contributed by atoms with van der Waals surface area (Å²) in [5, 5.41) is 0. The highest BCUT2D eigenvalue weighted by molar-refractivity contribution is 7.88. The minimum Gasteiger partial charge on any atom is -0.212 e. The van der Waals surface area contributed by atoms with Gasteiger partial charge >= 0.3 is 0 Å². The molecule has 0 aliphatic heterocycles. The van der Waals surface area contributed by atoms with E-state index in [0.29, 0.717) is 5.56 Å². The zero-order chi connectivity index (χ0) is 17.2. The maximum Gasteiger partial charge on any atom is 0.216 e. The third-order valence-electron chi connectivity index (χ3n) is 3.98. The summed E-state index contributed by atoms with van der Waals surface area (Å²) in [5.74, 6) is -0.542. The predicted octanol–water partition coefficient (Wildman–Crippen LogP) is 3.93. The molecule has 124 valence electrons. The molecule has 23 heavy (non-hydrogen) atoms. The van der Waals surface area contributed by atoms with Gasteiger partial charge in [-0.05, 0) is 67.6 Å². The van der Waals surface area contributed by atoms with E-state index in [4.69, 9.17) is 0 Å². The van der Waals surface area contributed by atoms with Crippen molar-refractivity contribution in [1.82, 2.24) is 4.72 Å². The van der Waals surface area contributed by atoms with Crippen LogP contribution in [0.4, 0.5) is 4.39 Å². The van der Waals surface area contributed by atoms with Crippen molar-refractivity contribution in [3.63, 3.8) is 0 Å². The number of hydrogen-bond donors (Lipinski definition) is 1. The van der Waals surface area contributed by atoms with E-state index in [1.165, 1.54) is 29.8 Å². The van der Waals surface area contributed by atoms with Gasteiger partial charge in [-0.15, -0.1) is 0 Å². The number of halogens is 1. The van der Waals surface area contributed by atoms with Gasteiger partial charge in [0.05, 0.1) is 5.75 Å². The van der Waals surface area contributed by atoms with E-state index < -0.39 is 10.0 Å². The average Bonchev–Trinajstić information content (AvgIpc) is 2.44. The molecule has 1 atom stereocenters. The zero-order valence-corrected chi connectivity index (χ0v) is 14.7. The molecule has 2 aromatic carbocycles. The lowest BCUT2D eigenvalue weighted by Gasteiger charge is -2.18. The van der Waals surface area contributed by atoms with Gasteiger partial charge in [-0.2, -0.15) is 0 Å². The molecule has 0 radical (unpaired) electrons. The quantitative estimate of drug-likeness (QED) is 0.900. The second kappa shape index (κ2) is 6.81. The Kier molecular flexibility index (Phi) is 5.22. The molecular weight excluding hydrogens is 313 g/mol. The van der Waals surface area contributed by atoms with Crippen LogP contribution < -0.4 is 4.72 Å². The van der Waals surface area contributed by atoms with E-state index in [1.54, 1.807) is 0 Å². The minimum absolute atomic E-state index is 0.165. The second-order valence-electron chi connectivity index (χ2n) is 6.02. The molecular formula is C18H22FNO2S. The van der Waals surface area contributed by atoms with Gasteiger partial charge in [-0.3, -0.25) is 0 Å². The van der Waals surface area contributed by atoms with Crippen LogP contribution in [0.2, 0.25) is 0 Å². The molecule has 2 aromatic rings. The minimum atomic E-state index is -3.51. The molecule has 0 saturated carbocycles. The van der Waals surface area contributed by atoms with Crippen molar-refractivity contribution in [2.75, 3.05) is 0 Å². The fraction of sp³-hybridized carbons (Fsp3) is 0.333. The summed E-state index contributed by atoms with van der Waals surface area (Å²) in [6.07, 6.45) is 0. The van der Waals surface area contributed by atoms with Gasteiger partial charge < -0.3 is 0 Å². The van der Waals surface area contributed by atoms with Crippen molar-refractivity contribution in [2.24, 2.45) is 0 Å². The lowest BCUT2D eigenvalue weighted by Crippen LogP contribution is -2.28. The van der Waals surface area contributed by atoms with Crippen LogP contribution in [-0.2, 0) is 15.8 Å². The van der Waals surface area contributed by atoms with Crippen LogP contribution >= 0.6 is 0 Å². The molecule has 2 rings (SSSR count). The number of sulfonamides is 1. The first-order valence-corrected chi connectivity index (χ1v) is 9.15. The summed E-state index contributed by atoms with van der Waals surface area (Å²) < 4.78 is 40.3. The largest absolute Gasteiger partial charge is 0.216 e. The highest BCUT2D eigenvalue weighted by Crippen LogP contribution is 2.22. The standard InChI is InChI=1S/C18H22FNO2S/c1-12-9-14(3)18(10-13(12)2)15(4)20-23(21,22)11-16-5-7-17(19)8-6-16/h5-10,15,20H,11H2,1-4H3. The maximum absolute atomic E-state index is 12.9. The van der Waals surface area contributed by atoms with Gasteiger partial charge in [0.15, 0.2) is 0 Å². The van der Waals surface area contributed by atoms with Crippen molar-refractivity contribution >= 4 is 10.0 Å². The molecule has 0 aliphatic carbocycles. The van der Waals surface area contributed by atoms with Crippen molar-refractivity contribution < 1.29 is 12.8 Å². The molecule has 1 N–H and O–H groups in total. The summed E-state index contributed by atoms with van der Waals surface area (Å²) in [6, 6.07) is 9.27. The Morgan fingerprint density at radius 2 is 1.57 bits per heavy atom. The fourth-order valence-electron chi connectivity index (χ4n) is 2.62. The molecule has 3 nitrogen and oxygen atoms in total. The average molecular weight is 335 g/mol. The highest BCUT2D eigenvalue weighted by Gasteiger charge is 2.18. The van der Waals surface area contributed by atoms with Gasteiger partial charge in [-0.25, -0.2) is 17.5 Å². The van der Waals surface area contributed by atoms with Crippen LogP contribution in [0.25, 0.3) is 0 Å². The highest BCUT2D eigenvalue weighted by atomic mass is 32.2. The van der Waals surface area contributed by atoms with Crippen LogP contribution in [0.15, 0.2) is 36.4 Å². The molecule has 0 bridgehead atoms. The summed E-state index contributed by atoms with van der Waals surface area (Å²) in [6.45, 7) is 7.86. The van der Waals surface area contributed by atoms with Gasteiger partial charge in [0.1, 0.15) is 5.82 Å². The molecule has 0 saturated heterocycles. The van der Waals surface area contributed by atoms with E-state index in [9.17, 15) is 12.8 Å². The maximum atomic E-state index is 12.9. The van der Waals surface area contributed by atoms with Crippen molar-refractivity contribution in [3.8, 4) is 0 Å². The number of benzene rings is 2. The van der Waals surface area contributed by atoms with E-state index in [1.807, 2.05) is 33.8 Å². The van der Waals surface area contributed by atoms with Gasteiger partial charge in [-0.1, -0.05) is 24.3 Å².